The Hall–Kier alpha value is -2.38. The molecule has 3 N–H and O–H groups in total. The molecule has 0 spiro atoms. The number of hydrogen-bond acceptors (Lipinski definition) is 6. The van der Waals surface area contributed by atoms with Gasteiger partial charge in [0.25, 0.3) is 5.69 Å². The molecule has 0 fully saturated rings. The third-order valence-corrected chi connectivity index (χ3v) is 3.85. The Morgan fingerprint density at radius 2 is 2.24 bits per heavy atom. The van der Waals surface area contributed by atoms with Crippen LogP contribution in [0.5, 0.6) is 11.5 Å². The smallest absolute Gasteiger partial charge is 0.308 e. The van der Waals surface area contributed by atoms with Crippen molar-refractivity contribution in [1.29, 1.82) is 0 Å². The summed E-state index contributed by atoms with van der Waals surface area (Å²) in [6, 6.07) is 2.63. The molecule has 0 saturated carbocycles. The highest BCUT2D eigenvalue weighted by molar-refractivity contribution is 9.09. The van der Waals surface area contributed by atoms with Crippen LogP contribution < -0.4 is 20.5 Å². The number of benzene rings is 1. The normalized spacial score (nSPS) is 11.3. The van der Waals surface area contributed by atoms with Crippen LogP contribution >= 0.6 is 15.9 Å². The molecule has 1 rings (SSSR count). The lowest BCUT2D eigenvalue weighted by Crippen LogP contribution is -2.29. The number of rotatable bonds is 10. The highest BCUT2D eigenvalue weighted by Crippen LogP contribution is 2.40. The molecule has 0 bridgehead atoms. The number of ether oxygens (including phenoxy) is 2. The van der Waals surface area contributed by atoms with Crippen LogP contribution in [0.4, 0.5) is 5.69 Å². The van der Waals surface area contributed by atoms with Crippen molar-refractivity contribution in [3.8, 4) is 11.5 Å². The maximum Gasteiger partial charge on any atom is 0.308 e. The maximum atomic E-state index is 11.5. The van der Waals surface area contributed by atoms with Gasteiger partial charge in [0.2, 0.25) is 5.91 Å². The van der Waals surface area contributed by atoms with Crippen molar-refractivity contribution in [3.05, 3.63) is 39.2 Å². The quantitative estimate of drug-likeness (QED) is 0.151. The summed E-state index contributed by atoms with van der Waals surface area (Å²) in [4.78, 5) is 24.5. The van der Waals surface area contributed by atoms with E-state index < -0.39 is 9.87 Å². The molecule has 0 aromatic heterocycles. The van der Waals surface area contributed by atoms with Crippen LogP contribution in [0.2, 0.25) is 0 Å². The first-order chi connectivity index (χ1) is 11.9. The number of nitrogens with zero attached hydrogens (tertiary/aromatic N) is 2. The standard InChI is InChI=1S/C15H19BrN4O5/c1-18-15(16)10-8-12(24-2)13(9-11(10)20(22)23)25-7-3-4-14(21)19-6-5-17/h8-9,15H,3-7,17H2,2H3,(H,19,21). The van der Waals surface area contributed by atoms with E-state index in [1.807, 2.05) is 0 Å². The van der Waals surface area contributed by atoms with Gasteiger partial charge < -0.3 is 20.5 Å². The average molecular weight is 415 g/mol. The first-order valence-corrected chi connectivity index (χ1v) is 8.32. The largest absolute Gasteiger partial charge is 0.493 e. The van der Waals surface area contributed by atoms with Crippen LogP contribution in [0.1, 0.15) is 23.4 Å². The average Bonchev–Trinajstić information content (AvgIpc) is 2.61. The molecule has 0 aliphatic rings. The van der Waals surface area contributed by atoms with Gasteiger partial charge in [-0.2, -0.15) is 0 Å². The summed E-state index contributed by atoms with van der Waals surface area (Å²) in [7, 11) is 1.40. The molecular formula is C15H19BrN4O5. The summed E-state index contributed by atoms with van der Waals surface area (Å²) < 4.78 is 10.7. The van der Waals surface area contributed by atoms with Crippen molar-refractivity contribution in [2.24, 2.45) is 5.73 Å². The van der Waals surface area contributed by atoms with Gasteiger partial charge in [0, 0.05) is 41.5 Å². The van der Waals surface area contributed by atoms with Gasteiger partial charge in [-0.3, -0.25) is 19.8 Å². The molecule has 136 valence electrons. The second-order valence-electron chi connectivity index (χ2n) is 4.87. The number of carbonyl (C=O) groups excluding carboxylic acids is 1. The van der Waals surface area contributed by atoms with Gasteiger partial charge in [-0.15, -0.1) is 0 Å². The molecule has 1 aromatic carbocycles. The molecular weight excluding hydrogens is 396 g/mol. The molecule has 1 aromatic rings. The molecule has 0 radical (unpaired) electrons. The van der Waals surface area contributed by atoms with E-state index in [0.717, 1.165) is 0 Å². The predicted molar refractivity (Wildman–Crippen MR) is 94.7 cm³/mol. The number of nitrogens with one attached hydrogen (secondary N) is 1. The van der Waals surface area contributed by atoms with Gasteiger partial charge in [0.1, 0.15) is 5.56 Å². The fourth-order valence-corrected chi connectivity index (χ4v) is 2.34. The molecule has 9 nitrogen and oxygen atoms in total. The Morgan fingerprint density at radius 1 is 1.52 bits per heavy atom. The number of carbonyl (C=O) groups is 1. The molecule has 1 unspecified atom stereocenters. The topological polar surface area (TPSA) is 121 Å². The van der Waals surface area contributed by atoms with Gasteiger partial charge >= 0.3 is 4.95 Å². The van der Waals surface area contributed by atoms with Crippen LogP contribution in [0, 0.1) is 16.7 Å². The van der Waals surface area contributed by atoms with Crippen molar-refractivity contribution >= 4 is 27.5 Å². The number of nitrogens with two attached hydrogens (primary N) is 1. The molecule has 1 amide bonds. The minimum atomic E-state index is -0.859. The number of hydrogen-bond donors (Lipinski definition) is 2. The first kappa shape index (κ1) is 20.7. The summed E-state index contributed by atoms with van der Waals surface area (Å²) in [5.74, 6) is 0.327. The van der Waals surface area contributed by atoms with E-state index in [-0.39, 0.29) is 41.7 Å². The van der Waals surface area contributed by atoms with E-state index in [9.17, 15) is 14.9 Å². The highest BCUT2D eigenvalue weighted by atomic mass is 79.9. The lowest BCUT2D eigenvalue weighted by atomic mass is 10.1. The molecule has 10 heteroatoms. The molecule has 25 heavy (non-hydrogen) atoms. The minimum absolute atomic E-state index is 0.137. The maximum absolute atomic E-state index is 11.5. The van der Waals surface area contributed by atoms with Crippen LogP contribution in [0.25, 0.3) is 4.85 Å². The van der Waals surface area contributed by atoms with Gasteiger partial charge in [0.05, 0.1) is 24.7 Å². The third-order valence-electron chi connectivity index (χ3n) is 3.15. The lowest BCUT2D eigenvalue weighted by Gasteiger charge is -2.12. The van der Waals surface area contributed by atoms with Gasteiger partial charge in [0.15, 0.2) is 11.5 Å². The summed E-state index contributed by atoms with van der Waals surface area (Å²) in [6.07, 6.45) is 0.682. The Labute approximate surface area is 153 Å². The fourth-order valence-electron chi connectivity index (χ4n) is 1.97. The number of methoxy groups -OCH3 is 1. The zero-order chi connectivity index (χ0) is 18.8. The summed E-state index contributed by atoms with van der Waals surface area (Å²) in [5.41, 5.74) is 5.24. The highest BCUT2D eigenvalue weighted by Gasteiger charge is 2.27. The molecule has 0 heterocycles. The van der Waals surface area contributed by atoms with Crippen molar-refractivity contribution in [2.75, 3.05) is 26.8 Å². The summed E-state index contributed by atoms with van der Waals surface area (Å²) in [5, 5.41) is 13.9. The van der Waals surface area contributed by atoms with Crippen LogP contribution in [0.15, 0.2) is 12.1 Å². The Balaban J connectivity index is 2.82. The Kier molecular flexibility index (Phi) is 8.66. The van der Waals surface area contributed by atoms with Gasteiger partial charge in [-0.1, -0.05) is 0 Å². The van der Waals surface area contributed by atoms with E-state index >= 15 is 0 Å². The number of alkyl halides is 1. The zero-order valence-electron chi connectivity index (χ0n) is 13.7. The number of nitro benzene ring substituents is 1. The fraction of sp³-hybridized carbons (Fsp3) is 0.467. The van der Waals surface area contributed by atoms with Crippen molar-refractivity contribution < 1.29 is 19.2 Å². The SMILES string of the molecule is [C-]#[N+]C(Br)c1cc(OC)c(OCCCC(=O)NCCN)cc1[N+](=O)[O-]. The summed E-state index contributed by atoms with van der Waals surface area (Å²) >= 11 is 3.08. The predicted octanol–water partition coefficient (Wildman–Crippen LogP) is 2.15. The van der Waals surface area contributed by atoms with E-state index in [4.69, 9.17) is 21.8 Å². The van der Waals surface area contributed by atoms with E-state index in [0.29, 0.717) is 19.5 Å². The molecule has 1 atom stereocenters. The molecule has 0 saturated heterocycles. The Morgan fingerprint density at radius 3 is 2.80 bits per heavy atom. The molecule has 0 aliphatic heterocycles. The third kappa shape index (κ3) is 6.21. The number of amides is 1. The second kappa shape index (κ2) is 10.5. The minimum Gasteiger partial charge on any atom is -0.493 e. The Bertz CT molecular complexity index is 662. The first-order valence-electron chi connectivity index (χ1n) is 7.41. The van der Waals surface area contributed by atoms with Gasteiger partial charge in [-0.05, 0) is 6.42 Å². The second-order valence-corrected chi connectivity index (χ2v) is 5.74. The number of halogens is 1. The van der Waals surface area contributed by atoms with Crippen molar-refractivity contribution in [1.82, 2.24) is 5.32 Å². The zero-order valence-corrected chi connectivity index (χ0v) is 15.2. The summed E-state index contributed by atoms with van der Waals surface area (Å²) in [6.45, 7) is 7.99. The van der Waals surface area contributed by atoms with Crippen LogP contribution in [-0.2, 0) is 4.79 Å². The van der Waals surface area contributed by atoms with Gasteiger partial charge in [-0.25, -0.2) is 6.57 Å². The van der Waals surface area contributed by atoms with Crippen LogP contribution in [-0.4, -0.2) is 37.6 Å². The lowest BCUT2D eigenvalue weighted by molar-refractivity contribution is -0.385. The van der Waals surface area contributed by atoms with E-state index in [2.05, 4.69) is 26.1 Å². The number of nitro groups is 1. The van der Waals surface area contributed by atoms with Crippen molar-refractivity contribution in [3.63, 3.8) is 0 Å². The van der Waals surface area contributed by atoms with E-state index in [1.54, 1.807) is 0 Å². The molecule has 0 aliphatic carbocycles. The van der Waals surface area contributed by atoms with Crippen molar-refractivity contribution in [2.45, 2.75) is 17.8 Å². The van der Waals surface area contributed by atoms with Crippen LogP contribution in [0.3, 0.4) is 0 Å². The monoisotopic (exact) mass is 414 g/mol. The van der Waals surface area contributed by atoms with E-state index in [1.165, 1.54) is 19.2 Å².